The highest BCUT2D eigenvalue weighted by Crippen LogP contribution is 2.28. The first-order valence-electron chi connectivity index (χ1n) is 10.6. The summed E-state index contributed by atoms with van der Waals surface area (Å²) in [5.74, 6) is 0.722. The van der Waals surface area contributed by atoms with E-state index in [4.69, 9.17) is 9.47 Å². The molecule has 2 aromatic rings. The first kappa shape index (κ1) is 21.2. The maximum absolute atomic E-state index is 9.37. The average Bonchev–Trinajstić information content (AvgIpc) is 2.73. The molecule has 1 saturated carbocycles. The van der Waals surface area contributed by atoms with Gasteiger partial charge >= 0.3 is 0 Å². The first-order chi connectivity index (χ1) is 14.3. The fourth-order valence-electron chi connectivity index (χ4n) is 3.16. The van der Waals surface area contributed by atoms with Crippen molar-refractivity contribution in [3.05, 3.63) is 59.7 Å². The Labute approximate surface area is 174 Å². The highest BCUT2D eigenvalue weighted by atomic mass is 16.5. The monoisotopic (exact) mass is 393 g/mol. The molecule has 0 heterocycles. The molecule has 2 N–H and O–H groups in total. The highest BCUT2D eigenvalue weighted by Gasteiger charge is 2.20. The van der Waals surface area contributed by atoms with E-state index in [2.05, 4.69) is 28.8 Å². The molecule has 29 heavy (non-hydrogen) atoms. The molecule has 3 rings (SSSR count). The Hall–Kier alpha value is -2.55. The second-order valence-corrected chi connectivity index (χ2v) is 7.40. The van der Waals surface area contributed by atoms with Crippen molar-refractivity contribution in [2.45, 2.75) is 44.8 Å². The third kappa shape index (κ3) is 7.41. The fraction of sp³-hybridized carbons (Fsp3) is 0.458. The molecule has 0 saturated heterocycles. The lowest BCUT2D eigenvalue weighted by Gasteiger charge is -2.26. The fourth-order valence-corrected chi connectivity index (χ4v) is 3.16. The SMILES string of the molecule is N#Cc1cc(CNCCCCOCCNc2ccccc2)ccc1OC1CCC1. The lowest BCUT2D eigenvalue weighted by Crippen LogP contribution is -2.25. The maximum Gasteiger partial charge on any atom is 0.137 e. The van der Waals surface area contributed by atoms with Gasteiger partial charge < -0.3 is 20.1 Å². The number of ether oxygens (including phenoxy) is 2. The zero-order valence-electron chi connectivity index (χ0n) is 17.0. The third-order valence-electron chi connectivity index (χ3n) is 5.08. The Kier molecular flexibility index (Phi) is 8.84. The number of hydrogen-bond acceptors (Lipinski definition) is 5. The van der Waals surface area contributed by atoms with Crippen molar-refractivity contribution < 1.29 is 9.47 Å². The minimum Gasteiger partial charge on any atom is -0.489 e. The summed E-state index contributed by atoms with van der Waals surface area (Å²) in [6, 6.07) is 18.3. The van der Waals surface area contributed by atoms with Crippen LogP contribution in [-0.2, 0) is 11.3 Å². The molecule has 0 spiro atoms. The molecular weight excluding hydrogens is 362 g/mol. The van der Waals surface area contributed by atoms with Crippen molar-refractivity contribution in [1.29, 1.82) is 5.26 Å². The van der Waals surface area contributed by atoms with E-state index < -0.39 is 0 Å². The molecule has 2 aromatic carbocycles. The number of para-hydroxylation sites is 1. The van der Waals surface area contributed by atoms with Gasteiger partial charge in [-0.05, 0) is 68.5 Å². The van der Waals surface area contributed by atoms with E-state index in [1.807, 2.05) is 36.4 Å². The van der Waals surface area contributed by atoms with Crippen molar-refractivity contribution in [2.24, 2.45) is 0 Å². The summed E-state index contributed by atoms with van der Waals surface area (Å²) in [4.78, 5) is 0. The molecule has 0 unspecified atom stereocenters. The largest absolute Gasteiger partial charge is 0.489 e. The number of nitrogens with one attached hydrogen (secondary N) is 2. The van der Waals surface area contributed by atoms with Crippen molar-refractivity contribution >= 4 is 5.69 Å². The minimum atomic E-state index is 0.294. The van der Waals surface area contributed by atoms with Crippen LogP contribution in [0, 0.1) is 11.3 Å². The van der Waals surface area contributed by atoms with E-state index in [0.717, 1.165) is 68.9 Å². The Morgan fingerprint density at radius 1 is 1.00 bits per heavy atom. The number of anilines is 1. The van der Waals surface area contributed by atoms with Crippen LogP contribution in [0.15, 0.2) is 48.5 Å². The number of hydrogen-bond donors (Lipinski definition) is 2. The number of rotatable bonds is 13. The summed E-state index contributed by atoms with van der Waals surface area (Å²) >= 11 is 0. The van der Waals surface area contributed by atoms with Crippen molar-refractivity contribution in [3.8, 4) is 11.8 Å². The van der Waals surface area contributed by atoms with Crippen molar-refractivity contribution in [2.75, 3.05) is 31.6 Å². The van der Waals surface area contributed by atoms with Gasteiger partial charge in [-0.25, -0.2) is 0 Å². The molecule has 1 fully saturated rings. The van der Waals surface area contributed by atoms with Gasteiger partial charge in [-0.15, -0.1) is 0 Å². The number of benzene rings is 2. The summed E-state index contributed by atoms with van der Waals surface area (Å²) in [6.07, 6.45) is 5.82. The van der Waals surface area contributed by atoms with Gasteiger partial charge in [-0.1, -0.05) is 24.3 Å². The molecule has 0 radical (unpaired) electrons. The van der Waals surface area contributed by atoms with Gasteiger partial charge in [0.1, 0.15) is 11.8 Å². The van der Waals surface area contributed by atoms with Gasteiger partial charge in [0, 0.05) is 25.4 Å². The van der Waals surface area contributed by atoms with Crippen LogP contribution in [0.2, 0.25) is 0 Å². The first-order valence-corrected chi connectivity index (χ1v) is 10.6. The zero-order valence-corrected chi connectivity index (χ0v) is 17.0. The highest BCUT2D eigenvalue weighted by molar-refractivity contribution is 5.45. The molecule has 0 atom stereocenters. The second kappa shape index (κ2) is 12.1. The lowest BCUT2D eigenvalue weighted by atomic mass is 9.96. The average molecular weight is 394 g/mol. The number of nitriles is 1. The van der Waals surface area contributed by atoms with Gasteiger partial charge in [-0.2, -0.15) is 5.26 Å². The molecular formula is C24H31N3O2. The van der Waals surface area contributed by atoms with E-state index in [1.54, 1.807) is 0 Å². The third-order valence-corrected chi connectivity index (χ3v) is 5.08. The van der Waals surface area contributed by atoms with Gasteiger partial charge in [0.2, 0.25) is 0 Å². The molecule has 1 aliphatic rings. The van der Waals surface area contributed by atoms with Crippen LogP contribution in [0.25, 0.3) is 0 Å². The summed E-state index contributed by atoms with van der Waals surface area (Å²) < 4.78 is 11.6. The molecule has 0 amide bonds. The van der Waals surface area contributed by atoms with E-state index in [0.29, 0.717) is 18.3 Å². The standard InChI is InChI=1S/C24H31N3O2/c25-18-21-17-20(11-12-24(21)29-23-9-6-10-23)19-26-13-4-5-15-28-16-14-27-22-7-2-1-3-8-22/h1-3,7-8,11-12,17,23,26-27H,4-6,9-10,13-16,19H2. The number of unbranched alkanes of at least 4 members (excludes halogenated alkanes) is 1. The Balaban J connectivity index is 1.22. The van der Waals surface area contributed by atoms with E-state index in [-0.39, 0.29) is 0 Å². The van der Waals surface area contributed by atoms with E-state index in [1.165, 1.54) is 6.42 Å². The second-order valence-electron chi connectivity index (χ2n) is 7.40. The summed E-state index contributed by atoms with van der Waals surface area (Å²) in [5.41, 5.74) is 2.88. The summed E-state index contributed by atoms with van der Waals surface area (Å²) in [5, 5.41) is 16.1. The quantitative estimate of drug-likeness (QED) is 0.491. The van der Waals surface area contributed by atoms with Crippen LogP contribution >= 0.6 is 0 Å². The summed E-state index contributed by atoms with van der Waals surface area (Å²) in [7, 11) is 0. The molecule has 154 valence electrons. The predicted octanol–water partition coefficient (Wildman–Crippen LogP) is 4.49. The maximum atomic E-state index is 9.37. The van der Waals surface area contributed by atoms with E-state index in [9.17, 15) is 5.26 Å². The zero-order chi connectivity index (χ0) is 20.2. The van der Waals surface area contributed by atoms with Crippen molar-refractivity contribution in [3.63, 3.8) is 0 Å². The van der Waals surface area contributed by atoms with Crippen molar-refractivity contribution in [1.82, 2.24) is 5.32 Å². The molecule has 1 aliphatic carbocycles. The normalized spacial score (nSPS) is 13.5. The Bertz CT molecular complexity index is 769. The predicted molar refractivity (Wildman–Crippen MR) is 116 cm³/mol. The number of nitrogens with zero attached hydrogens (tertiary/aromatic N) is 1. The van der Waals surface area contributed by atoms with Gasteiger partial charge in [0.15, 0.2) is 0 Å². The lowest BCUT2D eigenvalue weighted by molar-refractivity contribution is 0.120. The Morgan fingerprint density at radius 3 is 2.62 bits per heavy atom. The van der Waals surface area contributed by atoms with Gasteiger partial charge in [0.05, 0.1) is 18.3 Å². The van der Waals surface area contributed by atoms with Crippen LogP contribution in [-0.4, -0.2) is 32.4 Å². The van der Waals surface area contributed by atoms with Crippen LogP contribution in [0.5, 0.6) is 5.75 Å². The van der Waals surface area contributed by atoms with Gasteiger partial charge in [0.25, 0.3) is 0 Å². The van der Waals surface area contributed by atoms with Crippen LogP contribution in [0.3, 0.4) is 0 Å². The topological polar surface area (TPSA) is 66.3 Å². The molecule has 0 aromatic heterocycles. The molecule has 0 aliphatic heterocycles. The molecule has 0 bridgehead atoms. The Morgan fingerprint density at radius 2 is 1.86 bits per heavy atom. The van der Waals surface area contributed by atoms with Crippen LogP contribution in [0.1, 0.15) is 43.2 Å². The van der Waals surface area contributed by atoms with Gasteiger partial charge in [-0.3, -0.25) is 0 Å². The van der Waals surface area contributed by atoms with Crippen LogP contribution in [0.4, 0.5) is 5.69 Å². The molecule has 5 nitrogen and oxygen atoms in total. The summed E-state index contributed by atoms with van der Waals surface area (Å²) in [6.45, 7) is 4.02. The smallest absolute Gasteiger partial charge is 0.137 e. The molecule has 5 heteroatoms. The van der Waals surface area contributed by atoms with E-state index >= 15 is 0 Å². The minimum absolute atomic E-state index is 0.294. The van der Waals surface area contributed by atoms with Crippen LogP contribution < -0.4 is 15.4 Å².